The third-order valence-electron chi connectivity index (χ3n) is 4.32. The standard InChI is InChI=1S/C21H15ClN2OS/c1-12-17-13(2)23-20(15-6-4-3-5-7-15)24-21(17)26-19(12)18(25)14-8-10-16(22)11-9-14/h3-11H,1-2H3. The van der Waals surface area contributed by atoms with Crippen molar-refractivity contribution in [1.29, 1.82) is 0 Å². The number of hydrogen-bond donors (Lipinski definition) is 0. The average Bonchev–Trinajstić information content (AvgIpc) is 2.99. The van der Waals surface area contributed by atoms with Crippen LogP contribution in [0, 0.1) is 13.8 Å². The van der Waals surface area contributed by atoms with Crippen molar-refractivity contribution < 1.29 is 4.79 Å². The van der Waals surface area contributed by atoms with E-state index in [-0.39, 0.29) is 5.78 Å². The van der Waals surface area contributed by atoms with Crippen LogP contribution in [-0.2, 0) is 0 Å². The van der Waals surface area contributed by atoms with Crippen LogP contribution < -0.4 is 0 Å². The summed E-state index contributed by atoms with van der Waals surface area (Å²) in [6, 6.07) is 16.8. The third-order valence-corrected chi connectivity index (χ3v) is 5.75. The predicted molar refractivity (Wildman–Crippen MR) is 107 cm³/mol. The van der Waals surface area contributed by atoms with Gasteiger partial charge in [-0.3, -0.25) is 4.79 Å². The van der Waals surface area contributed by atoms with Crippen molar-refractivity contribution in [1.82, 2.24) is 9.97 Å². The van der Waals surface area contributed by atoms with Gasteiger partial charge < -0.3 is 0 Å². The summed E-state index contributed by atoms with van der Waals surface area (Å²) in [5.74, 6) is 0.671. The monoisotopic (exact) mass is 378 g/mol. The maximum absolute atomic E-state index is 12.9. The first-order valence-electron chi connectivity index (χ1n) is 8.18. The van der Waals surface area contributed by atoms with Crippen LogP contribution in [0.1, 0.15) is 26.5 Å². The van der Waals surface area contributed by atoms with Gasteiger partial charge in [0.05, 0.1) is 10.6 Å². The quantitative estimate of drug-likeness (QED) is 0.419. The second-order valence-electron chi connectivity index (χ2n) is 6.07. The van der Waals surface area contributed by atoms with Gasteiger partial charge in [-0.1, -0.05) is 41.9 Å². The van der Waals surface area contributed by atoms with Gasteiger partial charge in [0, 0.05) is 21.5 Å². The molecule has 2 heterocycles. The number of carbonyl (C=O) groups is 1. The fourth-order valence-corrected chi connectivity index (χ4v) is 4.32. The fraction of sp³-hybridized carbons (Fsp3) is 0.0952. The summed E-state index contributed by atoms with van der Waals surface area (Å²) in [5.41, 5.74) is 3.41. The van der Waals surface area contributed by atoms with Crippen molar-refractivity contribution in [2.75, 3.05) is 0 Å². The number of aromatic nitrogens is 2. The van der Waals surface area contributed by atoms with Crippen molar-refractivity contribution in [3.63, 3.8) is 0 Å². The summed E-state index contributed by atoms with van der Waals surface area (Å²) in [6.45, 7) is 3.92. The van der Waals surface area contributed by atoms with Crippen LogP contribution in [0.3, 0.4) is 0 Å². The molecule has 2 aromatic carbocycles. The zero-order chi connectivity index (χ0) is 18.3. The minimum atomic E-state index is -0.0113. The first kappa shape index (κ1) is 16.9. The second kappa shape index (κ2) is 6.63. The lowest BCUT2D eigenvalue weighted by Gasteiger charge is -2.03. The maximum atomic E-state index is 12.9. The van der Waals surface area contributed by atoms with E-state index in [4.69, 9.17) is 16.6 Å². The van der Waals surface area contributed by atoms with Crippen molar-refractivity contribution >= 4 is 38.9 Å². The van der Waals surface area contributed by atoms with Crippen LogP contribution in [0.25, 0.3) is 21.6 Å². The van der Waals surface area contributed by atoms with Crippen LogP contribution in [0.4, 0.5) is 0 Å². The summed E-state index contributed by atoms with van der Waals surface area (Å²) < 4.78 is 0. The number of carbonyl (C=O) groups excluding carboxylic acids is 1. The Bertz CT molecular complexity index is 1120. The Balaban J connectivity index is 1.85. The molecule has 0 fully saturated rings. The highest BCUT2D eigenvalue weighted by Gasteiger charge is 2.20. The van der Waals surface area contributed by atoms with Crippen LogP contribution >= 0.6 is 22.9 Å². The first-order chi connectivity index (χ1) is 12.5. The summed E-state index contributed by atoms with van der Waals surface area (Å²) in [5, 5.41) is 1.58. The molecule has 0 N–H and O–H groups in total. The van der Waals surface area contributed by atoms with Gasteiger partial charge in [0.1, 0.15) is 4.83 Å². The highest BCUT2D eigenvalue weighted by atomic mass is 35.5. The molecule has 0 aliphatic carbocycles. The smallest absolute Gasteiger partial charge is 0.203 e. The van der Waals surface area contributed by atoms with Crippen molar-refractivity contribution in [2.45, 2.75) is 13.8 Å². The van der Waals surface area contributed by atoms with Crippen molar-refractivity contribution in [2.24, 2.45) is 0 Å². The molecule has 0 amide bonds. The van der Waals surface area contributed by atoms with Crippen LogP contribution in [0.15, 0.2) is 54.6 Å². The van der Waals surface area contributed by atoms with Gasteiger partial charge in [0.15, 0.2) is 5.82 Å². The number of hydrogen-bond acceptors (Lipinski definition) is 4. The minimum Gasteiger partial charge on any atom is -0.288 e. The van der Waals surface area contributed by atoms with E-state index in [0.29, 0.717) is 21.3 Å². The van der Waals surface area contributed by atoms with E-state index in [1.54, 1.807) is 24.3 Å². The summed E-state index contributed by atoms with van der Waals surface area (Å²) >= 11 is 7.35. The largest absolute Gasteiger partial charge is 0.288 e. The van der Waals surface area contributed by atoms with E-state index >= 15 is 0 Å². The van der Waals surface area contributed by atoms with Gasteiger partial charge in [-0.2, -0.15) is 0 Å². The lowest BCUT2D eigenvalue weighted by molar-refractivity contribution is 0.104. The lowest BCUT2D eigenvalue weighted by atomic mass is 10.1. The number of nitrogens with zero attached hydrogens (tertiary/aromatic N) is 2. The van der Waals surface area contributed by atoms with Gasteiger partial charge in [-0.25, -0.2) is 9.97 Å². The van der Waals surface area contributed by atoms with E-state index in [2.05, 4.69) is 4.98 Å². The van der Waals surface area contributed by atoms with E-state index in [0.717, 1.165) is 27.0 Å². The zero-order valence-corrected chi connectivity index (χ0v) is 15.9. The molecule has 0 aliphatic heterocycles. The molecule has 0 atom stereocenters. The second-order valence-corrected chi connectivity index (χ2v) is 7.51. The van der Waals surface area contributed by atoms with Gasteiger partial charge in [-0.15, -0.1) is 11.3 Å². The molecule has 0 spiro atoms. The molecule has 0 aliphatic rings. The Labute approximate surface area is 160 Å². The number of benzene rings is 2. The highest BCUT2D eigenvalue weighted by molar-refractivity contribution is 7.20. The zero-order valence-electron chi connectivity index (χ0n) is 14.3. The molecule has 0 saturated carbocycles. The lowest BCUT2D eigenvalue weighted by Crippen LogP contribution is -2.00. The summed E-state index contributed by atoms with van der Waals surface area (Å²) in [7, 11) is 0. The normalized spacial score (nSPS) is 11.0. The average molecular weight is 379 g/mol. The molecule has 0 radical (unpaired) electrons. The molecule has 5 heteroatoms. The number of aryl methyl sites for hydroxylation is 2. The Morgan fingerprint density at radius 1 is 0.962 bits per heavy atom. The van der Waals surface area contributed by atoms with Crippen LogP contribution in [0.2, 0.25) is 5.02 Å². The van der Waals surface area contributed by atoms with Crippen LogP contribution in [-0.4, -0.2) is 15.8 Å². The molecule has 0 saturated heterocycles. The Morgan fingerprint density at radius 2 is 1.65 bits per heavy atom. The number of halogens is 1. The fourth-order valence-electron chi connectivity index (χ4n) is 3.00. The number of rotatable bonds is 3. The molecule has 0 unspecified atom stereocenters. The van der Waals surface area contributed by atoms with E-state index in [1.807, 2.05) is 44.2 Å². The van der Waals surface area contributed by atoms with E-state index in [9.17, 15) is 4.79 Å². The highest BCUT2D eigenvalue weighted by Crippen LogP contribution is 2.34. The van der Waals surface area contributed by atoms with Gasteiger partial charge >= 0.3 is 0 Å². The van der Waals surface area contributed by atoms with Crippen molar-refractivity contribution in [3.05, 3.63) is 81.3 Å². The van der Waals surface area contributed by atoms with Crippen molar-refractivity contribution in [3.8, 4) is 11.4 Å². The Morgan fingerprint density at radius 3 is 2.35 bits per heavy atom. The molecule has 4 rings (SSSR count). The number of ketones is 1. The first-order valence-corrected chi connectivity index (χ1v) is 9.37. The minimum absolute atomic E-state index is 0.0113. The molecule has 4 aromatic rings. The molecule has 3 nitrogen and oxygen atoms in total. The molecule has 2 aromatic heterocycles. The SMILES string of the molecule is Cc1nc(-c2ccccc2)nc2sc(C(=O)c3ccc(Cl)cc3)c(C)c12. The topological polar surface area (TPSA) is 42.9 Å². The maximum Gasteiger partial charge on any atom is 0.203 e. The molecule has 0 bridgehead atoms. The molecule has 128 valence electrons. The Hall–Kier alpha value is -2.56. The van der Waals surface area contributed by atoms with Gasteiger partial charge in [0.25, 0.3) is 0 Å². The van der Waals surface area contributed by atoms with Gasteiger partial charge in [-0.05, 0) is 43.7 Å². The third kappa shape index (κ3) is 2.91. The molecular formula is C21H15ClN2OS. The van der Waals surface area contributed by atoms with Crippen LogP contribution in [0.5, 0.6) is 0 Å². The predicted octanol–water partition coefficient (Wildman–Crippen LogP) is 5.86. The number of fused-ring (bicyclic) bond motifs is 1. The van der Waals surface area contributed by atoms with E-state index < -0.39 is 0 Å². The molecular weight excluding hydrogens is 364 g/mol. The summed E-state index contributed by atoms with van der Waals surface area (Å²) in [6.07, 6.45) is 0. The number of thiophene rings is 1. The molecule has 26 heavy (non-hydrogen) atoms. The summed E-state index contributed by atoms with van der Waals surface area (Å²) in [4.78, 5) is 23.8. The van der Waals surface area contributed by atoms with E-state index in [1.165, 1.54) is 11.3 Å². The Kier molecular flexibility index (Phi) is 4.31. The van der Waals surface area contributed by atoms with Gasteiger partial charge in [0.2, 0.25) is 5.78 Å².